The largest absolute Gasteiger partial charge is 0.497 e. The maximum absolute atomic E-state index is 12.2. The van der Waals surface area contributed by atoms with Gasteiger partial charge in [-0.3, -0.25) is 0 Å². The van der Waals surface area contributed by atoms with Crippen LogP contribution < -0.4 is 9.47 Å². The zero-order valence-electron chi connectivity index (χ0n) is 15.1. The quantitative estimate of drug-likeness (QED) is 0.596. The van der Waals surface area contributed by atoms with Gasteiger partial charge in [-0.05, 0) is 48.0 Å². The van der Waals surface area contributed by atoms with Crippen molar-refractivity contribution >= 4 is 23.8 Å². The fourth-order valence-corrected chi connectivity index (χ4v) is 2.64. The second-order valence-corrected chi connectivity index (χ2v) is 5.68. The molecule has 0 N–H and O–H groups in total. The van der Waals surface area contributed by atoms with E-state index in [9.17, 15) is 9.59 Å². The molecule has 1 heterocycles. The van der Waals surface area contributed by atoms with Crippen LogP contribution in [0.4, 0.5) is 0 Å². The summed E-state index contributed by atoms with van der Waals surface area (Å²) in [5, 5.41) is 0. The minimum absolute atomic E-state index is 0.383. The van der Waals surface area contributed by atoms with Crippen LogP contribution in [0.1, 0.15) is 21.5 Å². The van der Waals surface area contributed by atoms with Gasteiger partial charge in [-0.2, -0.15) is 0 Å². The van der Waals surface area contributed by atoms with Gasteiger partial charge in [0.15, 0.2) is 0 Å². The predicted molar refractivity (Wildman–Crippen MR) is 99.4 cm³/mol. The van der Waals surface area contributed by atoms with Crippen LogP contribution in [0.5, 0.6) is 11.5 Å². The molecule has 0 unspecified atom stereocenters. The topological polar surface area (TPSA) is 71.1 Å². The van der Waals surface area contributed by atoms with Gasteiger partial charge in [-0.15, -0.1) is 0 Å². The Morgan fingerprint density at radius 3 is 2.37 bits per heavy atom. The second-order valence-electron chi connectivity index (χ2n) is 5.68. The molecule has 0 fully saturated rings. The molecule has 0 saturated carbocycles. The van der Waals surface area contributed by atoms with Gasteiger partial charge in [0.05, 0.1) is 38.0 Å². The van der Waals surface area contributed by atoms with Gasteiger partial charge in [-0.25, -0.2) is 9.59 Å². The number of methoxy groups -OCH3 is 3. The smallest absolute Gasteiger partial charge is 0.343 e. The summed E-state index contributed by atoms with van der Waals surface area (Å²) in [6.45, 7) is 0. The van der Waals surface area contributed by atoms with Gasteiger partial charge < -0.3 is 18.9 Å². The Morgan fingerprint density at radius 2 is 1.74 bits per heavy atom. The van der Waals surface area contributed by atoms with Crippen molar-refractivity contribution in [3.63, 3.8) is 0 Å². The minimum atomic E-state index is -0.466. The Morgan fingerprint density at radius 1 is 1.00 bits per heavy atom. The van der Waals surface area contributed by atoms with E-state index in [1.165, 1.54) is 7.11 Å². The fraction of sp³-hybridized carbons (Fsp3) is 0.143. The van der Waals surface area contributed by atoms with Crippen molar-refractivity contribution in [3.05, 3.63) is 70.8 Å². The van der Waals surface area contributed by atoms with Gasteiger partial charge in [0, 0.05) is 0 Å². The average molecular weight is 366 g/mol. The molecule has 0 aliphatic carbocycles. The fourth-order valence-electron chi connectivity index (χ4n) is 2.64. The summed E-state index contributed by atoms with van der Waals surface area (Å²) in [6.07, 6.45) is 3.33. The van der Waals surface area contributed by atoms with Crippen LogP contribution in [-0.2, 0) is 14.3 Å². The molecule has 3 rings (SSSR count). The summed E-state index contributed by atoms with van der Waals surface area (Å²) in [4.78, 5) is 23.7. The van der Waals surface area contributed by atoms with Crippen molar-refractivity contribution in [2.75, 3.05) is 21.3 Å². The van der Waals surface area contributed by atoms with E-state index in [0.29, 0.717) is 34.0 Å². The van der Waals surface area contributed by atoms with Crippen molar-refractivity contribution in [1.82, 2.24) is 0 Å². The minimum Gasteiger partial charge on any atom is -0.497 e. The summed E-state index contributed by atoms with van der Waals surface area (Å²) < 4.78 is 20.6. The van der Waals surface area contributed by atoms with Crippen molar-refractivity contribution < 1.29 is 28.5 Å². The molecule has 6 heteroatoms. The molecular weight excluding hydrogens is 348 g/mol. The van der Waals surface area contributed by atoms with Crippen LogP contribution in [0.3, 0.4) is 0 Å². The number of hydrogen-bond acceptors (Lipinski definition) is 6. The molecule has 1 aliphatic heterocycles. The molecule has 1 aliphatic rings. The maximum Gasteiger partial charge on any atom is 0.343 e. The van der Waals surface area contributed by atoms with Crippen molar-refractivity contribution in [3.8, 4) is 11.5 Å². The Labute approximate surface area is 156 Å². The molecule has 138 valence electrons. The van der Waals surface area contributed by atoms with Crippen LogP contribution in [0.2, 0.25) is 0 Å². The van der Waals surface area contributed by atoms with Gasteiger partial charge >= 0.3 is 11.9 Å². The van der Waals surface area contributed by atoms with Crippen LogP contribution in [-0.4, -0.2) is 33.3 Å². The molecule has 0 bridgehead atoms. The number of rotatable bonds is 5. The molecule has 0 spiro atoms. The lowest BCUT2D eigenvalue weighted by Gasteiger charge is -2.10. The Bertz CT molecular complexity index is 938. The molecule has 0 amide bonds. The van der Waals surface area contributed by atoms with Crippen molar-refractivity contribution in [1.29, 1.82) is 0 Å². The van der Waals surface area contributed by atoms with Gasteiger partial charge in [0.25, 0.3) is 0 Å². The third-order valence-corrected chi connectivity index (χ3v) is 4.05. The van der Waals surface area contributed by atoms with Gasteiger partial charge in [-0.1, -0.05) is 12.1 Å². The van der Waals surface area contributed by atoms with E-state index in [1.54, 1.807) is 68.8 Å². The lowest BCUT2D eigenvalue weighted by atomic mass is 10.1. The van der Waals surface area contributed by atoms with E-state index in [4.69, 9.17) is 14.2 Å². The van der Waals surface area contributed by atoms with Gasteiger partial charge in [0.2, 0.25) is 0 Å². The first-order valence-electron chi connectivity index (χ1n) is 8.12. The summed E-state index contributed by atoms with van der Waals surface area (Å²) in [7, 11) is 4.43. The molecule has 0 radical (unpaired) electrons. The number of cyclic esters (lactones) is 1. The predicted octanol–water partition coefficient (Wildman–Crippen LogP) is 3.47. The lowest BCUT2D eigenvalue weighted by Crippen LogP contribution is -2.00. The number of carbonyl (C=O) groups excluding carboxylic acids is 2. The normalized spacial score (nSPS) is 14.6. The van der Waals surface area contributed by atoms with Crippen LogP contribution in [0.25, 0.3) is 11.8 Å². The third kappa shape index (κ3) is 3.84. The van der Waals surface area contributed by atoms with Gasteiger partial charge in [0.1, 0.15) is 17.3 Å². The molecule has 0 atom stereocenters. The molecule has 27 heavy (non-hydrogen) atoms. The molecular formula is C21H18O6. The molecule has 2 aromatic rings. The van der Waals surface area contributed by atoms with Crippen molar-refractivity contribution in [2.24, 2.45) is 0 Å². The third-order valence-electron chi connectivity index (χ3n) is 4.05. The Balaban J connectivity index is 1.92. The summed E-state index contributed by atoms with van der Waals surface area (Å²) >= 11 is 0. The second kappa shape index (κ2) is 7.78. The number of hydrogen-bond donors (Lipinski definition) is 0. The highest BCUT2D eigenvalue weighted by Crippen LogP contribution is 2.35. The summed E-state index contributed by atoms with van der Waals surface area (Å²) in [6, 6.07) is 12.0. The number of esters is 2. The number of benzene rings is 2. The summed E-state index contributed by atoms with van der Waals surface area (Å²) in [5.41, 5.74) is 2.20. The molecule has 0 aromatic heterocycles. The molecule has 0 saturated heterocycles. The highest BCUT2D eigenvalue weighted by atomic mass is 16.5. The SMILES string of the molecule is COC(=O)c1ccc(/C=C2/C=C(c3cc(OC)ccc3OC)OC2=O)cc1. The monoisotopic (exact) mass is 366 g/mol. The maximum atomic E-state index is 12.2. The van der Waals surface area contributed by atoms with Crippen LogP contribution >= 0.6 is 0 Å². The number of ether oxygens (including phenoxy) is 4. The zero-order chi connectivity index (χ0) is 19.4. The van der Waals surface area contributed by atoms with Crippen LogP contribution in [0, 0.1) is 0 Å². The first kappa shape index (κ1) is 18.3. The standard InChI is InChI=1S/C21H18O6/c1-24-16-8-9-18(25-2)17(12-16)19-11-15(21(23)27-19)10-13-4-6-14(7-5-13)20(22)26-3/h4-12H,1-3H3/b15-10-. The van der Waals surface area contributed by atoms with E-state index in [1.807, 2.05) is 0 Å². The van der Waals surface area contributed by atoms with Crippen LogP contribution in [0.15, 0.2) is 54.1 Å². The van der Waals surface area contributed by atoms with E-state index in [-0.39, 0.29) is 0 Å². The van der Waals surface area contributed by atoms with E-state index in [2.05, 4.69) is 4.74 Å². The highest BCUT2D eigenvalue weighted by Gasteiger charge is 2.24. The average Bonchev–Trinajstić information content (AvgIpc) is 3.07. The zero-order valence-corrected chi connectivity index (χ0v) is 15.1. The lowest BCUT2D eigenvalue weighted by molar-refractivity contribution is -0.130. The van der Waals surface area contributed by atoms with E-state index in [0.717, 1.165) is 5.56 Å². The first-order chi connectivity index (χ1) is 13.0. The first-order valence-corrected chi connectivity index (χ1v) is 8.12. The highest BCUT2D eigenvalue weighted by molar-refractivity contribution is 6.05. The van der Waals surface area contributed by atoms with E-state index >= 15 is 0 Å². The van der Waals surface area contributed by atoms with Crippen molar-refractivity contribution in [2.45, 2.75) is 0 Å². The Kier molecular flexibility index (Phi) is 5.26. The molecule has 2 aromatic carbocycles. The van der Waals surface area contributed by atoms with E-state index < -0.39 is 11.9 Å². The molecule has 6 nitrogen and oxygen atoms in total. The Hall–Kier alpha value is -3.54. The number of carbonyl (C=O) groups is 2. The summed E-state index contributed by atoms with van der Waals surface area (Å²) in [5.74, 6) is 0.694.